The molecule has 0 saturated heterocycles. The average molecular weight is 304 g/mol. The zero-order chi connectivity index (χ0) is 15.8. The van der Waals surface area contributed by atoms with Gasteiger partial charge in [0.1, 0.15) is 0 Å². The summed E-state index contributed by atoms with van der Waals surface area (Å²) in [7, 11) is 2.10. The van der Waals surface area contributed by atoms with Crippen LogP contribution in [0, 0.1) is 0 Å². The number of fused-ring (bicyclic) bond motifs is 3. The molecule has 3 nitrogen and oxygen atoms in total. The van der Waals surface area contributed by atoms with E-state index in [0.717, 1.165) is 18.5 Å². The Kier molecular flexibility index (Phi) is 3.41. The Morgan fingerprint density at radius 2 is 1.78 bits per heavy atom. The molecule has 1 aromatic heterocycles. The minimum atomic E-state index is 0.215. The van der Waals surface area contributed by atoms with Gasteiger partial charge in [-0.05, 0) is 23.6 Å². The zero-order valence-corrected chi connectivity index (χ0v) is 13.3. The molecule has 1 amide bonds. The van der Waals surface area contributed by atoms with E-state index in [2.05, 4.69) is 35.9 Å². The van der Waals surface area contributed by atoms with Gasteiger partial charge in [0.25, 0.3) is 0 Å². The minimum absolute atomic E-state index is 0.215. The van der Waals surface area contributed by atoms with Crippen molar-refractivity contribution in [3.63, 3.8) is 0 Å². The summed E-state index contributed by atoms with van der Waals surface area (Å²) in [5.74, 6) is 0.215. The van der Waals surface area contributed by atoms with Crippen LogP contribution in [0.15, 0.2) is 54.6 Å². The predicted molar refractivity (Wildman–Crippen MR) is 92.2 cm³/mol. The van der Waals surface area contributed by atoms with Gasteiger partial charge in [-0.15, -0.1) is 0 Å². The minimum Gasteiger partial charge on any atom is -0.346 e. The Morgan fingerprint density at radius 3 is 2.61 bits per heavy atom. The third kappa shape index (κ3) is 2.42. The summed E-state index contributed by atoms with van der Waals surface area (Å²) in [5.41, 5.74) is 5.03. The van der Waals surface area contributed by atoms with Gasteiger partial charge in [-0.1, -0.05) is 48.5 Å². The first kappa shape index (κ1) is 14.1. The van der Waals surface area contributed by atoms with Crippen molar-refractivity contribution >= 4 is 16.8 Å². The number of nitrogens with zero attached hydrogens (tertiary/aromatic N) is 2. The summed E-state index contributed by atoms with van der Waals surface area (Å²) < 4.78 is 2.24. The molecule has 1 aliphatic heterocycles. The lowest BCUT2D eigenvalue weighted by Gasteiger charge is -2.28. The van der Waals surface area contributed by atoms with Crippen molar-refractivity contribution in [1.29, 1.82) is 0 Å². The molecule has 0 atom stereocenters. The van der Waals surface area contributed by atoms with Crippen molar-refractivity contribution in [2.75, 3.05) is 6.54 Å². The lowest BCUT2D eigenvalue weighted by atomic mass is 10.0. The lowest BCUT2D eigenvalue weighted by molar-refractivity contribution is -0.131. The van der Waals surface area contributed by atoms with Crippen LogP contribution in [0.4, 0.5) is 0 Å². The van der Waals surface area contributed by atoms with Gasteiger partial charge in [-0.3, -0.25) is 4.79 Å². The third-order valence-electron chi connectivity index (χ3n) is 4.87. The number of hydrogen-bond donors (Lipinski definition) is 0. The van der Waals surface area contributed by atoms with Gasteiger partial charge in [0.15, 0.2) is 0 Å². The molecule has 0 saturated carbocycles. The number of hydrogen-bond acceptors (Lipinski definition) is 1. The van der Waals surface area contributed by atoms with E-state index in [-0.39, 0.29) is 5.91 Å². The second-order valence-corrected chi connectivity index (χ2v) is 6.23. The molecule has 0 aliphatic carbocycles. The van der Waals surface area contributed by atoms with Crippen molar-refractivity contribution in [2.45, 2.75) is 19.4 Å². The number of aryl methyl sites for hydroxylation is 1. The molecule has 3 aromatic rings. The summed E-state index contributed by atoms with van der Waals surface area (Å²) in [6, 6.07) is 18.5. The highest BCUT2D eigenvalue weighted by Crippen LogP contribution is 2.30. The van der Waals surface area contributed by atoms with E-state index in [9.17, 15) is 4.79 Å². The molecule has 4 rings (SSSR count). The molecule has 0 unspecified atom stereocenters. The van der Waals surface area contributed by atoms with Gasteiger partial charge in [-0.2, -0.15) is 0 Å². The van der Waals surface area contributed by atoms with Gasteiger partial charge in [-0.25, -0.2) is 0 Å². The van der Waals surface area contributed by atoms with E-state index < -0.39 is 0 Å². The van der Waals surface area contributed by atoms with Crippen LogP contribution in [0.2, 0.25) is 0 Å². The molecule has 116 valence electrons. The molecule has 0 spiro atoms. The molecule has 0 N–H and O–H groups in total. The maximum absolute atomic E-state index is 12.6. The monoisotopic (exact) mass is 304 g/mol. The van der Waals surface area contributed by atoms with Crippen molar-refractivity contribution in [3.8, 4) is 0 Å². The topological polar surface area (TPSA) is 25.2 Å². The smallest absolute Gasteiger partial charge is 0.227 e. The molecule has 0 bridgehead atoms. The number of amides is 1. The summed E-state index contributed by atoms with van der Waals surface area (Å²) in [4.78, 5) is 14.6. The van der Waals surface area contributed by atoms with E-state index in [1.807, 2.05) is 35.2 Å². The standard InChI is InChI=1S/C20H20N2O/c1-21-18-10-6-5-9-16(18)17-11-12-22(14-19(17)21)20(23)13-15-7-3-2-4-8-15/h2-10H,11-14H2,1H3. The Hall–Kier alpha value is -2.55. The number of para-hydroxylation sites is 1. The van der Waals surface area contributed by atoms with Crippen molar-refractivity contribution in [1.82, 2.24) is 9.47 Å². The number of carbonyl (C=O) groups excluding carboxylic acids is 1. The normalized spacial score (nSPS) is 14.0. The summed E-state index contributed by atoms with van der Waals surface area (Å²) in [6.07, 6.45) is 1.43. The van der Waals surface area contributed by atoms with Crippen LogP contribution >= 0.6 is 0 Å². The van der Waals surface area contributed by atoms with Crippen molar-refractivity contribution in [3.05, 3.63) is 71.4 Å². The highest BCUT2D eigenvalue weighted by molar-refractivity contribution is 5.86. The fraction of sp³-hybridized carbons (Fsp3) is 0.250. The molecule has 3 heteroatoms. The number of carbonyl (C=O) groups is 1. The number of rotatable bonds is 2. The molecule has 2 heterocycles. The van der Waals surface area contributed by atoms with Gasteiger partial charge < -0.3 is 9.47 Å². The second-order valence-electron chi connectivity index (χ2n) is 6.23. The largest absolute Gasteiger partial charge is 0.346 e. The third-order valence-corrected chi connectivity index (χ3v) is 4.87. The summed E-state index contributed by atoms with van der Waals surface area (Å²) in [6.45, 7) is 1.53. The van der Waals surface area contributed by atoms with E-state index >= 15 is 0 Å². The number of aromatic nitrogens is 1. The maximum Gasteiger partial charge on any atom is 0.227 e. The van der Waals surface area contributed by atoms with Crippen LogP contribution in [-0.4, -0.2) is 21.9 Å². The highest BCUT2D eigenvalue weighted by atomic mass is 16.2. The first-order chi connectivity index (χ1) is 11.2. The predicted octanol–water partition coefficient (Wildman–Crippen LogP) is 3.31. The quantitative estimate of drug-likeness (QED) is 0.713. The first-order valence-electron chi connectivity index (χ1n) is 8.11. The Balaban J connectivity index is 1.60. The zero-order valence-electron chi connectivity index (χ0n) is 13.3. The van der Waals surface area contributed by atoms with Crippen molar-refractivity contribution < 1.29 is 4.79 Å². The molecule has 2 aromatic carbocycles. The molecule has 0 radical (unpaired) electrons. The van der Waals surface area contributed by atoms with E-state index in [0.29, 0.717) is 13.0 Å². The van der Waals surface area contributed by atoms with Gasteiger partial charge in [0.05, 0.1) is 13.0 Å². The Morgan fingerprint density at radius 1 is 1.04 bits per heavy atom. The van der Waals surface area contributed by atoms with Gasteiger partial charge in [0, 0.05) is 30.2 Å². The van der Waals surface area contributed by atoms with E-state index in [1.165, 1.54) is 22.2 Å². The molecule has 1 aliphatic rings. The average Bonchev–Trinajstić information content (AvgIpc) is 2.89. The van der Waals surface area contributed by atoms with Crippen LogP contribution in [0.3, 0.4) is 0 Å². The summed E-state index contributed by atoms with van der Waals surface area (Å²) >= 11 is 0. The van der Waals surface area contributed by atoms with Crippen LogP contribution < -0.4 is 0 Å². The fourth-order valence-corrected chi connectivity index (χ4v) is 3.61. The Bertz CT molecular complexity index is 864. The van der Waals surface area contributed by atoms with Crippen LogP contribution in [-0.2, 0) is 31.2 Å². The molecule has 23 heavy (non-hydrogen) atoms. The van der Waals surface area contributed by atoms with Crippen LogP contribution in [0.25, 0.3) is 10.9 Å². The SMILES string of the molecule is Cn1c2c(c3ccccc31)CCN(C(=O)Cc1ccccc1)C2. The molecular weight excluding hydrogens is 284 g/mol. The van der Waals surface area contributed by atoms with E-state index in [4.69, 9.17) is 0 Å². The van der Waals surface area contributed by atoms with E-state index in [1.54, 1.807) is 0 Å². The van der Waals surface area contributed by atoms with Gasteiger partial charge in [0.2, 0.25) is 5.91 Å². The fourth-order valence-electron chi connectivity index (χ4n) is 3.61. The van der Waals surface area contributed by atoms with Crippen LogP contribution in [0.1, 0.15) is 16.8 Å². The maximum atomic E-state index is 12.6. The Labute approximate surface area is 136 Å². The summed E-state index contributed by atoms with van der Waals surface area (Å²) in [5, 5.41) is 1.33. The lowest BCUT2D eigenvalue weighted by Crippen LogP contribution is -2.37. The van der Waals surface area contributed by atoms with Gasteiger partial charge >= 0.3 is 0 Å². The second kappa shape index (κ2) is 5.58. The highest BCUT2D eigenvalue weighted by Gasteiger charge is 2.25. The molecule has 0 fully saturated rings. The molecular formula is C20H20N2O. The van der Waals surface area contributed by atoms with Crippen molar-refractivity contribution in [2.24, 2.45) is 7.05 Å². The first-order valence-corrected chi connectivity index (χ1v) is 8.11. The van der Waals surface area contributed by atoms with Crippen LogP contribution in [0.5, 0.6) is 0 Å². The number of benzene rings is 2.